The van der Waals surface area contributed by atoms with Gasteiger partial charge in [-0.1, -0.05) is 37.5 Å². The molecule has 0 unspecified atom stereocenters. The van der Waals surface area contributed by atoms with E-state index in [4.69, 9.17) is 0 Å². The molecule has 2 fully saturated rings. The van der Waals surface area contributed by atoms with Gasteiger partial charge in [0.25, 0.3) is 0 Å². The maximum absolute atomic E-state index is 12.6. The predicted octanol–water partition coefficient (Wildman–Crippen LogP) is 3.95. The minimum atomic E-state index is 0.0926. The minimum Gasteiger partial charge on any atom is -0.335 e. The highest BCUT2D eigenvalue weighted by Crippen LogP contribution is 2.31. The van der Waals surface area contributed by atoms with E-state index in [1.54, 1.807) is 0 Å². The number of para-hydroxylation sites is 1. The van der Waals surface area contributed by atoms with Gasteiger partial charge in [-0.3, -0.25) is 4.90 Å². The lowest BCUT2D eigenvalue weighted by molar-refractivity contribution is 0.238. The molecule has 1 aromatic carbocycles. The number of urea groups is 1. The van der Waals surface area contributed by atoms with Gasteiger partial charge in [-0.25, -0.2) is 4.79 Å². The van der Waals surface area contributed by atoms with E-state index in [2.05, 4.69) is 5.32 Å². The Hall–Kier alpha value is -1.51. The van der Waals surface area contributed by atoms with Crippen LogP contribution in [0.1, 0.15) is 44.9 Å². The van der Waals surface area contributed by atoms with Crippen LogP contribution in [0, 0.1) is 5.92 Å². The summed E-state index contributed by atoms with van der Waals surface area (Å²) >= 11 is 0. The fourth-order valence-electron chi connectivity index (χ4n) is 2.97. The van der Waals surface area contributed by atoms with Crippen LogP contribution in [0.5, 0.6) is 0 Å². The molecular formula is C17H24N2O. The zero-order valence-electron chi connectivity index (χ0n) is 12.1. The Kier molecular flexibility index (Phi) is 4.24. The summed E-state index contributed by atoms with van der Waals surface area (Å²) in [5, 5.41) is 3.24. The van der Waals surface area contributed by atoms with Crippen LogP contribution in [0.15, 0.2) is 30.3 Å². The van der Waals surface area contributed by atoms with Crippen molar-refractivity contribution in [1.29, 1.82) is 0 Å². The first kappa shape index (κ1) is 13.5. The van der Waals surface area contributed by atoms with E-state index in [9.17, 15) is 4.79 Å². The molecule has 3 nitrogen and oxygen atoms in total. The number of benzene rings is 1. The molecule has 3 rings (SSSR count). The molecule has 2 saturated carbocycles. The molecule has 0 aromatic heterocycles. The smallest absolute Gasteiger partial charge is 0.322 e. The number of nitrogens with one attached hydrogen (secondary N) is 1. The van der Waals surface area contributed by atoms with Crippen LogP contribution >= 0.6 is 0 Å². The monoisotopic (exact) mass is 272 g/mol. The fourth-order valence-corrected chi connectivity index (χ4v) is 2.97. The van der Waals surface area contributed by atoms with Crippen molar-refractivity contribution in [3.05, 3.63) is 30.3 Å². The summed E-state index contributed by atoms with van der Waals surface area (Å²) < 4.78 is 0. The highest BCUT2D eigenvalue weighted by atomic mass is 16.2. The molecule has 20 heavy (non-hydrogen) atoms. The summed E-state index contributed by atoms with van der Waals surface area (Å²) in [5.41, 5.74) is 1.02. The topological polar surface area (TPSA) is 32.3 Å². The largest absolute Gasteiger partial charge is 0.335 e. The van der Waals surface area contributed by atoms with Crippen molar-refractivity contribution in [1.82, 2.24) is 5.32 Å². The molecule has 3 heteroatoms. The lowest BCUT2D eigenvalue weighted by atomic mass is 9.96. The van der Waals surface area contributed by atoms with Crippen molar-refractivity contribution in [3.63, 3.8) is 0 Å². The molecule has 2 aliphatic carbocycles. The van der Waals surface area contributed by atoms with Crippen LogP contribution in [0.2, 0.25) is 0 Å². The Morgan fingerprint density at radius 3 is 2.40 bits per heavy atom. The lowest BCUT2D eigenvalue weighted by Crippen LogP contribution is -2.46. The van der Waals surface area contributed by atoms with Crippen LogP contribution in [0.4, 0.5) is 10.5 Å². The van der Waals surface area contributed by atoms with Gasteiger partial charge in [0.1, 0.15) is 0 Å². The first-order chi connectivity index (χ1) is 9.83. The third kappa shape index (κ3) is 3.53. The zero-order chi connectivity index (χ0) is 13.8. The van der Waals surface area contributed by atoms with E-state index >= 15 is 0 Å². The van der Waals surface area contributed by atoms with Crippen molar-refractivity contribution in [2.24, 2.45) is 5.92 Å². The third-order valence-electron chi connectivity index (χ3n) is 4.38. The molecule has 0 saturated heterocycles. The van der Waals surface area contributed by atoms with Gasteiger partial charge in [0.05, 0.1) is 0 Å². The molecule has 0 spiro atoms. The summed E-state index contributed by atoms with van der Waals surface area (Å²) in [6.45, 7) is 0.864. The van der Waals surface area contributed by atoms with Gasteiger partial charge in [-0.2, -0.15) is 0 Å². The number of carbonyl (C=O) groups is 1. The molecule has 1 aromatic rings. The van der Waals surface area contributed by atoms with Crippen molar-refractivity contribution in [2.75, 3.05) is 11.4 Å². The molecule has 1 N–H and O–H groups in total. The molecule has 2 amide bonds. The quantitative estimate of drug-likeness (QED) is 0.884. The second kappa shape index (κ2) is 6.29. The second-order valence-electron chi connectivity index (χ2n) is 6.17. The SMILES string of the molecule is O=C(NC1CCCCC1)N(CC1CC1)c1ccccc1. The van der Waals surface area contributed by atoms with E-state index in [0.717, 1.165) is 25.1 Å². The van der Waals surface area contributed by atoms with Crippen molar-refractivity contribution in [3.8, 4) is 0 Å². The number of anilines is 1. The summed E-state index contributed by atoms with van der Waals surface area (Å²) in [5.74, 6) is 0.701. The normalized spacial score (nSPS) is 19.6. The number of rotatable bonds is 4. The lowest BCUT2D eigenvalue weighted by Gasteiger charge is -2.28. The van der Waals surface area contributed by atoms with Gasteiger partial charge < -0.3 is 5.32 Å². The van der Waals surface area contributed by atoms with Gasteiger partial charge >= 0.3 is 6.03 Å². The second-order valence-corrected chi connectivity index (χ2v) is 6.17. The molecule has 0 bridgehead atoms. The average molecular weight is 272 g/mol. The van der Waals surface area contributed by atoms with E-state index in [1.165, 1.54) is 32.1 Å². The van der Waals surface area contributed by atoms with Gasteiger partial charge in [0, 0.05) is 18.3 Å². The van der Waals surface area contributed by atoms with Crippen LogP contribution in [-0.2, 0) is 0 Å². The van der Waals surface area contributed by atoms with Crippen LogP contribution in [0.25, 0.3) is 0 Å². The Morgan fingerprint density at radius 2 is 1.75 bits per heavy atom. The Balaban J connectivity index is 1.66. The fraction of sp³-hybridized carbons (Fsp3) is 0.588. The van der Waals surface area contributed by atoms with Gasteiger partial charge in [0.15, 0.2) is 0 Å². The van der Waals surface area contributed by atoms with Crippen LogP contribution < -0.4 is 10.2 Å². The third-order valence-corrected chi connectivity index (χ3v) is 4.38. The first-order valence-electron chi connectivity index (χ1n) is 7.96. The Bertz CT molecular complexity index is 436. The number of nitrogens with zero attached hydrogens (tertiary/aromatic N) is 1. The summed E-state index contributed by atoms with van der Waals surface area (Å²) in [7, 11) is 0. The van der Waals surface area contributed by atoms with Crippen molar-refractivity contribution < 1.29 is 4.79 Å². The zero-order valence-corrected chi connectivity index (χ0v) is 12.1. The summed E-state index contributed by atoms with van der Waals surface area (Å²) in [4.78, 5) is 14.5. The number of hydrogen-bond donors (Lipinski definition) is 1. The standard InChI is InChI=1S/C17H24N2O/c20-17(18-15-7-3-1-4-8-15)19(13-14-11-12-14)16-9-5-2-6-10-16/h2,5-6,9-10,14-15H,1,3-4,7-8,11-13H2,(H,18,20). The average Bonchev–Trinajstić information content (AvgIpc) is 3.31. The Morgan fingerprint density at radius 1 is 1.05 bits per heavy atom. The van der Waals surface area contributed by atoms with E-state index in [1.807, 2.05) is 35.2 Å². The van der Waals surface area contributed by atoms with Crippen LogP contribution in [-0.4, -0.2) is 18.6 Å². The van der Waals surface area contributed by atoms with Crippen molar-refractivity contribution in [2.45, 2.75) is 51.0 Å². The van der Waals surface area contributed by atoms with E-state index < -0.39 is 0 Å². The number of amides is 2. The number of hydrogen-bond acceptors (Lipinski definition) is 1. The Labute approximate surface area is 121 Å². The highest BCUT2D eigenvalue weighted by Gasteiger charge is 2.28. The molecule has 0 heterocycles. The van der Waals surface area contributed by atoms with Crippen LogP contribution in [0.3, 0.4) is 0 Å². The van der Waals surface area contributed by atoms with Gasteiger partial charge in [0.2, 0.25) is 0 Å². The van der Waals surface area contributed by atoms with Gasteiger partial charge in [-0.05, 0) is 43.7 Å². The maximum atomic E-state index is 12.6. The van der Waals surface area contributed by atoms with E-state index in [-0.39, 0.29) is 6.03 Å². The molecule has 0 aliphatic heterocycles. The molecule has 2 aliphatic rings. The molecular weight excluding hydrogens is 248 g/mol. The predicted molar refractivity (Wildman–Crippen MR) is 81.9 cm³/mol. The van der Waals surface area contributed by atoms with Crippen molar-refractivity contribution >= 4 is 11.7 Å². The molecule has 108 valence electrons. The summed E-state index contributed by atoms with van der Waals surface area (Å²) in [6, 6.07) is 10.5. The minimum absolute atomic E-state index is 0.0926. The summed E-state index contributed by atoms with van der Waals surface area (Å²) in [6.07, 6.45) is 8.62. The number of carbonyl (C=O) groups excluding carboxylic acids is 1. The molecule has 0 radical (unpaired) electrons. The maximum Gasteiger partial charge on any atom is 0.322 e. The van der Waals surface area contributed by atoms with Gasteiger partial charge in [-0.15, -0.1) is 0 Å². The first-order valence-corrected chi connectivity index (χ1v) is 7.96. The molecule has 0 atom stereocenters. The van der Waals surface area contributed by atoms with E-state index in [0.29, 0.717) is 12.0 Å². The highest BCUT2D eigenvalue weighted by molar-refractivity contribution is 5.92.